The highest BCUT2D eigenvalue weighted by atomic mass is 32.2. The molecule has 4 nitrogen and oxygen atoms in total. The zero-order chi connectivity index (χ0) is 14.2. The lowest BCUT2D eigenvalue weighted by atomic mass is 9.87. The summed E-state index contributed by atoms with van der Waals surface area (Å²) in [5, 5.41) is 0. The van der Waals surface area contributed by atoms with Crippen LogP contribution >= 0.6 is 11.8 Å². The van der Waals surface area contributed by atoms with E-state index in [-0.39, 0.29) is 0 Å². The summed E-state index contributed by atoms with van der Waals surface area (Å²) in [7, 11) is 0. The van der Waals surface area contributed by atoms with Crippen LogP contribution in [0.1, 0.15) is 12.5 Å². The lowest BCUT2D eigenvalue weighted by Crippen LogP contribution is -2.61. The number of morpholine rings is 1. The van der Waals surface area contributed by atoms with Gasteiger partial charge in [0.25, 0.3) is 0 Å². The van der Waals surface area contributed by atoms with Crippen LogP contribution in [0.5, 0.6) is 0 Å². The van der Waals surface area contributed by atoms with Gasteiger partial charge in [-0.3, -0.25) is 0 Å². The molecule has 0 aliphatic carbocycles. The predicted octanol–water partition coefficient (Wildman–Crippen LogP) is 2.59. The predicted molar refractivity (Wildman–Crippen MR) is 80.6 cm³/mol. The van der Waals surface area contributed by atoms with Gasteiger partial charge >= 0.3 is 5.66 Å². The molecule has 2 aliphatic rings. The van der Waals surface area contributed by atoms with Gasteiger partial charge < -0.3 is 4.74 Å². The number of nitrogens with zero attached hydrogens (tertiary/aromatic N) is 2. The minimum absolute atomic E-state index is 0.551. The molecule has 1 aromatic rings. The van der Waals surface area contributed by atoms with Crippen molar-refractivity contribution < 1.29 is 9.50 Å². The van der Waals surface area contributed by atoms with Gasteiger partial charge in [-0.05, 0) is 24.0 Å². The highest BCUT2D eigenvalue weighted by Gasteiger charge is 2.58. The molecule has 20 heavy (non-hydrogen) atoms. The Hall–Kier alpha value is -1.17. The molecule has 0 spiro atoms. The highest BCUT2D eigenvalue weighted by Crippen LogP contribution is 2.41. The second kappa shape index (κ2) is 5.31. The number of thioether (sulfide) groups is 1. The Morgan fingerprint density at radius 2 is 1.90 bits per heavy atom. The maximum absolute atomic E-state index is 12.1. The van der Waals surface area contributed by atoms with Crippen LogP contribution in [0.4, 0.5) is 0 Å². The summed E-state index contributed by atoms with van der Waals surface area (Å²) in [6.07, 6.45) is 3.76. The topological polar surface area (TPSA) is 32.5 Å². The second-order valence-corrected chi connectivity index (χ2v) is 6.10. The van der Waals surface area contributed by atoms with E-state index < -0.39 is 5.66 Å². The molecule has 1 aromatic carbocycles. The maximum Gasteiger partial charge on any atom is 0.302 e. The number of hydrogen-bond acceptors (Lipinski definition) is 4. The van der Waals surface area contributed by atoms with E-state index in [9.17, 15) is 4.91 Å². The summed E-state index contributed by atoms with van der Waals surface area (Å²) in [5.41, 5.74) is 1.68. The lowest BCUT2D eigenvalue weighted by Gasteiger charge is -2.40. The molecule has 5 heteroatoms. The molecule has 1 saturated heterocycles. The number of hydrogen-bond donors (Lipinski definition) is 0. The molecule has 1 fully saturated rings. The van der Waals surface area contributed by atoms with Crippen LogP contribution in [0.3, 0.4) is 0 Å². The fraction of sp³-hybridized carbons (Fsp3) is 0.467. The van der Waals surface area contributed by atoms with Crippen molar-refractivity contribution in [1.29, 1.82) is 0 Å². The Labute approximate surface area is 123 Å². The first-order chi connectivity index (χ1) is 9.66. The highest BCUT2D eigenvalue weighted by molar-refractivity contribution is 7.98. The smallest absolute Gasteiger partial charge is 0.302 e. The van der Waals surface area contributed by atoms with Gasteiger partial charge in [-0.2, -0.15) is 0 Å². The summed E-state index contributed by atoms with van der Waals surface area (Å²) in [6, 6.07) is 8.41. The summed E-state index contributed by atoms with van der Waals surface area (Å²) < 4.78 is 6.45. The third-order valence-electron chi connectivity index (χ3n) is 4.21. The zero-order valence-corrected chi connectivity index (χ0v) is 12.7. The summed E-state index contributed by atoms with van der Waals surface area (Å²) in [4.78, 5) is 15.6. The Morgan fingerprint density at radius 1 is 1.25 bits per heavy atom. The van der Waals surface area contributed by atoms with Crippen molar-refractivity contribution >= 4 is 17.3 Å². The Kier molecular flexibility index (Phi) is 3.67. The van der Waals surface area contributed by atoms with Crippen molar-refractivity contribution in [1.82, 2.24) is 4.90 Å². The monoisotopic (exact) mass is 291 g/mol. The summed E-state index contributed by atoms with van der Waals surface area (Å²) in [5.74, 6) is 0. The number of rotatable bonds is 3. The molecule has 106 valence electrons. The molecular weight excluding hydrogens is 272 g/mol. The third kappa shape index (κ3) is 2.10. The number of benzene rings is 1. The molecule has 0 N–H and O–H groups in total. The first-order valence-electron chi connectivity index (χ1n) is 6.82. The van der Waals surface area contributed by atoms with Crippen LogP contribution in [0.15, 0.2) is 35.4 Å². The van der Waals surface area contributed by atoms with Crippen molar-refractivity contribution in [3.05, 3.63) is 40.9 Å². The average molecular weight is 291 g/mol. The van der Waals surface area contributed by atoms with E-state index >= 15 is 0 Å². The molecule has 1 atom stereocenters. The Balaban J connectivity index is 1.88. The Bertz CT molecular complexity index is 549. The van der Waals surface area contributed by atoms with E-state index in [4.69, 9.17) is 4.74 Å². The number of ether oxygens (including phenoxy) is 1. The van der Waals surface area contributed by atoms with Gasteiger partial charge in [0.05, 0.1) is 18.0 Å². The van der Waals surface area contributed by atoms with E-state index in [1.165, 1.54) is 4.90 Å². The fourth-order valence-corrected chi connectivity index (χ4v) is 3.25. The van der Waals surface area contributed by atoms with Crippen molar-refractivity contribution in [2.45, 2.75) is 17.5 Å². The van der Waals surface area contributed by atoms with Crippen LogP contribution < -0.4 is 0 Å². The van der Waals surface area contributed by atoms with Crippen LogP contribution in [0.25, 0.3) is 5.57 Å². The van der Waals surface area contributed by atoms with Gasteiger partial charge in [0, 0.05) is 29.8 Å². The van der Waals surface area contributed by atoms with Crippen LogP contribution in [0, 0.1) is 4.91 Å². The minimum Gasteiger partial charge on any atom is -0.379 e. The van der Waals surface area contributed by atoms with Crippen LogP contribution in [0.2, 0.25) is 0 Å². The molecule has 0 radical (unpaired) electrons. The molecule has 2 aliphatic heterocycles. The third-order valence-corrected chi connectivity index (χ3v) is 4.96. The second-order valence-electron chi connectivity index (χ2n) is 5.22. The van der Waals surface area contributed by atoms with Gasteiger partial charge in [0.2, 0.25) is 6.20 Å². The SMILES string of the molecule is CSc1ccc(C2=C[N+](=O)C2(C)N2CCOCC2)cc1. The molecule has 0 bridgehead atoms. The summed E-state index contributed by atoms with van der Waals surface area (Å²) in [6.45, 7) is 5.00. The van der Waals surface area contributed by atoms with Crippen molar-refractivity contribution in [2.24, 2.45) is 0 Å². The normalized spacial score (nSPS) is 27.1. The zero-order valence-electron chi connectivity index (χ0n) is 11.8. The van der Waals surface area contributed by atoms with Gasteiger partial charge in [-0.1, -0.05) is 12.1 Å². The van der Waals surface area contributed by atoms with Crippen molar-refractivity contribution in [3.63, 3.8) is 0 Å². The molecule has 0 aromatic heterocycles. The van der Waals surface area contributed by atoms with Gasteiger partial charge in [-0.15, -0.1) is 11.8 Å². The first-order valence-corrected chi connectivity index (χ1v) is 8.04. The van der Waals surface area contributed by atoms with E-state index in [1.807, 2.05) is 6.92 Å². The molecule has 2 heterocycles. The van der Waals surface area contributed by atoms with Crippen molar-refractivity contribution in [2.75, 3.05) is 32.6 Å². The summed E-state index contributed by atoms with van der Waals surface area (Å²) >= 11 is 1.72. The van der Waals surface area contributed by atoms with E-state index in [2.05, 4.69) is 35.4 Å². The maximum atomic E-state index is 12.1. The van der Waals surface area contributed by atoms with Gasteiger partial charge in [0.1, 0.15) is 5.57 Å². The lowest BCUT2D eigenvalue weighted by molar-refractivity contribution is -0.600. The molecule has 0 saturated carbocycles. The molecule has 3 rings (SSSR count). The quantitative estimate of drug-likeness (QED) is 0.633. The largest absolute Gasteiger partial charge is 0.379 e. The molecular formula is C15H19N2O2S+. The fourth-order valence-electron chi connectivity index (χ4n) is 2.84. The van der Waals surface area contributed by atoms with E-state index in [0.717, 1.165) is 29.0 Å². The van der Waals surface area contributed by atoms with E-state index in [1.54, 1.807) is 18.0 Å². The molecule has 1 unspecified atom stereocenters. The Morgan fingerprint density at radius 3 is 2.45 bits per heavy atom. The van der Waals surface area contributed by atoms with Crippen molar-refractivity contribution in [3.8, 4) is 0 Å². The minimum atomic E-state index is -0.551. The van der Waals surface area contributed by atoms with Gasteiger partial charge in [0.15, 0.2) is 0 Å². The van der Waals surface area contributed by atoms with E-state index in [0.29, 0.717) is 13.2 Å². The van der Waals surface area contributed by atoms with Crippen LogP contribution in [-0.2, 0) is 4.74 Å². The van der Waals surface area contributed by atoms with Crippen LogP contribution in [-0.4, -0.2) is 47.9 Å². The standard InChI is InChI=1S/C15H19N2O2S/c1-15(16-7-9-19-10-8-16)14(11-17(15)18)12-3-5-13(20-2)6-4-12/h3-6,11H,7-10H2,1-2H3/q+1. The molecule has 0 amide bonds. The number of nitroso groups, excluding NO2 is 1. The first kappa shape index (κ1) is 13.8. The average Bonchev–Trinajstić information content (AvgIpc) is 2.52. The van der Waals surface area contributed by atoms with Gasteiger partial charge in [-0.25, -0.2) is 4.90 Å².